The minimum atomic E-state index is 0.591. The fourth-order valence-electron chi connectivity index (χ4n) is 1.43. The Morgan fingerprint density at radius 1 is 1.11 bits per heavy atom. The number of rotatable bonds is 4. The molecule has 0 spiro atoms. The Morgan fingerprint density at radius 2 is 2.00 bits per heavy atom. The summed E-state index contributed by atoms with van der Waals surface area (Å²) in [6.07, 6.45) is 3.46. The zero-order valence-electron chi connectivity index (χ0n) is 10.3. The SMILES string of the molecule is COc1cccc(/N=C/c2ccc(OC)nc2)c1. The van der Waals surface area contributed by atoms with E-state index >= 15 is 0 Å². The van der Waals surface area contributed by atoms with Crippen molar-refractivity contribution in [3.63, 3.8) is 0 Å². The second-order valence-electron chi connectivity index (χ2n) is 3.59. The Balaban J connectivity index is 2.13. The number of hydrogen-bond acceptors (Lipinski definition) is 4. The molecule has 18 heavy (non-hydrogen) atoms. The van der Waals surface area contributed by atoms with Crippen molar-refractivity contribution >= 4 is 11.9 Å². The number of aliphatic imine (C=N–C) groups is 1. The van der Waals surface area contributed by atoms with Crippen LogP contribution in [0.5, 0.6) is 11.6 Å². The molecule has 4 heteroatoms. The van der Waals surface area contributed by atoms with Gasteiger partial charge >= 0.3 is 0 Å². The first-order chi connectivity index (χ1) is 8.81. The summed E-state index contributed by atoms with van der Waals surface area (Å²) >= 11 is 0. The van der Waals surface area contributed by atoms with Crippen molar-refractivity contribution in [1.82, 2.24) is 4.98 Å². The summed E-state index contributed by atoms with van der Waals surface area (Å²) in [5, 5.41) is 0. The highest BCUT2D eigenvalue weighted by atomic mass is 16.5. The number of ether oxygens (including phenoxy) is 2. The highest BCUT2D eigenvalue weighted by molar-refractivity contribution is 5.81. The highest BCUT2D eigenvalue weighted by Gasteiger charge is 1.94. The van der Waals surface area contributed by atoms with Crippen LogP contribution in [0.25, 0.3) is 0 Å². The average molecular weight is 242 g/mol. The lowest BCUT2D eigenvalue weighted by Gasteiger charge is -2.00. The van der Waals surface area contributed by atoms with E-state index in [0.29, 0.717) is 5.88 Å². The molecule has 0 saturated heterocycles. The van der Waals surface area contributed by atoms with Crippen LogP contribution in [0.15, 0.2) is 47.6 Å². The number of hydrogen-bond donors (Lipinski definition) is 0. The van der Waals surface area contributed by atoms with Crippen molar-refractivity contribution in [2.24, 2.45) is 4.99 Å². The number of aromatic nitrogens is 1. The molecule has 1 aromatic heterocycles. The zero-order valence-corrected chi connectivity index (χ0v) is 10.3. The molecule has 0 aliphatic carbocycles. The number of nitrogens with zero attached hydrogens (tertiary/aromatic N) is 2. The molecule has 2 aromatic rings. The third kappa shape index (κ3) is 3.07. The van der Waals surface area contributed by atoms with E-state index in [1.807, 2.05) is 30.3 Å². The predicted molar refractivity (Wildman–Crippen MR) is 71.0 cm³/mol. The fourth-order valence-corrected chi connectivity index (χ4v) is 1.43. The van der Waals surface area contributed by atoms with Gasteiger partial charge in [0.05, 0.1) is 19.9 Å². The maximum absolute atomic E-state index is 5.13. The average Bonchev–Trinajstić information content (AvgIpc) is 2.46. The van der Waals surface area contributed by atoms with Crippen LogP contribution in [0.4, 0.5) is 5.69 Å². The van der Waals surface area contributed by atoms with Crippen LogP contribution in [-0.2, 0) is 0 Å². The van der Waals surface area contributed by atoms with E-state index in [-0.39, 0.29) is 0 Å². The molecular weight excluding hydrogens is 228 g/mol. The molecule has 0 atom stereocenters. The van der Waals surface area contributed by atoms with E-state index in [4.69, 9.17) is 9.47 Å². The first-order valence-corrected chi connectivity index (χ1v) is 5.50. The van der Waals surface area contributed by atoms with Crippen LogP contribution in [0.2, 0.25) is 0 Å². The Bertz CT molecular complexity index is 536. The molecule has 0 aliphatic rings. The smallest absolute Gasteiger partial charge is 0.212 e. The molecule has 0 aliphatic heterocycles. The lowest BCUT2D eigenvalue weighted by atomic mass is 10.3. The minimum Gasteiger partial charge on any atom is -0.497 e. The van der Waals surface area contributed by atoms with E-state index in [9.17, 15) is 0 Å². The van der Waals surface area contributed by atoms with Gasteiger partial charge in [-0.3, -0.25) is 4.99 Å². The molecule has 0 saturated carbocycles. The Labute approximate surface area is 106 Å². The fraction of sp³-hybridized carbons (Fsp3) is 0.143. The molecule has 0 unspecified atom stereocenters. The van der Waals surface area contributed by atoms with E-state index < -0.39 is 0 Å². The van der Waals surface area contributed by atoms with Gasteiger partial charge in [-0.05, 0) is 18.2 Å². The van der Waals surface area contributed by atoms with Crippen molar-refractivity contribution in [2.45, 2.75) is 0 Å². The second kappa shape index (κ2) is 5.82. The Morgan fingerprint density at radius 3 is 2.67 bits per heavy atom. The molecule has 0 bridgehead atoms. The molecule has 0 amide bonds. The van der Waals surface area contributed by atoms with E-state index in [1.165, 1.54) is 0 Å². The molecule has 2 rings (SSSR count). The van der Waals surface area contributed by atoms with Crippen molar-refractivity contribution in [2.75, 3.05) is 14.2 Å². The third-order valence-electron chi connectivity index (χ3n) is 2.38. The Kier molecular flexibility index (Phi) is 3.91. The molecule has 0 fully saturated rings. The second-order valence-corrected chi connectivity index (χ2v) is 3.59. The number of methoxy groups -OCH3 is 2. The van der Waals surface area contributed by atoms with Crippen molar-refractivity contribution in [1.29, 1.82) is 0 Å². The lowest BCUT2D eigenvalue weighted by Crippen LogP contribution is -1.88. The van der Waals surface area contributed by atoms with Crippen LogP contribution in [0.3, 0.4) is 0 Å². The molecule has 0 radical (unpaired) electrons. The summed E-state index contributed by atoms with van der Waals surface area (Å²) in [5.41, 5.74) is 1.75. The van der Waals surface area contributed by atoms with Gasteiger partial charge < -0.3 is 9.47 Å². The molecule has 92 valence electrons. The quantitative estimate of drug-likeness (QED) is 0.774. The summed E-state index contributed by atoms with van der Waals surface area (Å²) in [5.74, 6) is 1.38. The van der Waals surface area contributed by atoms with Crippen LogP contribution in [0.1, 0.15) is 5.56 Å². The van der Waals surface area contributed by atoms with Gasteiger partial charge in [-0.2, -0.15) is 0 Å². The van der Waals surface area contributed by atoms with Crippen LogP contribution in [-0.4, -0.2) is 25.4 Å². The van der Waals surface area contributed by atoms with Crippen molar-refractivity contribution in [3.05, 3.63) is 48.2 Å². The maximum atomic E-state index is 5.13. The number of benzene rings is 1. The lowest BCUT2D eigenvalue weighted by molar-refractivity contribution is 0.398. The summed E-state index contributed by atoms with van der Waals surface area (Å²) in [6.45, 7) is 0. The van der Waals surface area contributed by atoms with Gasteiger partial charge in [-0.1, -0.05) is 6.07 Å². The van der Waals surface area contributed by atoms with Crippen molar-refractivity contribution < 1.29 is 9.47 Å². The largest absolute Gasteiger partial charge is 0.497 e. The van der Waals surface area contributed by atoms with E-state index in [1.54, 1.807) is 32.7 Å². The zero-order chi connectivity index (χ0) is 12.8. The summed E-state index contributed by atoms with van der Waals surface area (Å²) in [7, 11) is 3.22. The van der Waals surface area contributed by atoms with E-state index in [0.717, 1.165) is 17.0 Å². The summed E-state index contributed by atoms with van der Waals surface area (Å²) < 4.78 is 10.1. The standard InChI is InChI=1S/C14H14N2O2/c1-17-13-5-3-4-12(8-13)15-9-11-6-7-14(18-2)16-10-11/h3-10H,1-2H3/b15-9+. The van der Waals surface area contributed by atoms with Crippen LogP contribution >= 0.6 is 0 Å². The van der Waals surface area contributed by atoms with Gasteiger partial charge in [-0.25, -0.2) is 4.98 Å². The monoisotopic (exact) mass is 242 g/mol. The van der Waals surface area contributed by atoms with Crippen LogP contribution in [0, 0.1) is 0 Å². The van der Waals surface area contributed by atoms with Gasteiger partial charge in [0.25, 0.3) is 0 Å². The molecule has 1 aromatic carbocycles. The van der Waals surface area contributed by atoms with Gasteiger partial charge in [-0.15, -0.1) is 0 Å². The minimum absolute atomic E-state index is 0.591. The first kappa shape index (κ1) is 12.1. The van der Waals surface area contributed by atoms with E-state index in [2.05, 4.69) is 9.98 Å². The third-order valence-corrected chi connectivity index (χ3v) is 2.38. The van der Waals surface area contributed by atoms with Gasteiger partial charge in [0.1, 0.15) is 5.75 Å². The topological polar surface area (TPSA) is 43.7 Å². The highest BCUT2D eigenvalue weighted by Crippen LogP contribution is 2.19. The number of pyridine rings is 1. The molecule has 1 heterocycles. The first-order valence-electron chi connectivity index (χ1n) is 5.50. The molecular formula is C14H14N2O2. The summed E-state index contributed by atoms with van der Waals surface area (Å²) in [6, 6.07) is 11.3. The predicted octanol–water partition coefficient (Wildman–Crippen LogP) is 2.85. The van der Waals surface area contributed by atoms with Gasteiger partial charge in [0.15, 0.2) is 0 Å². The molecule has 4 nitrogen and oxygen atoms in total. The maximum Gasteiger partial charge on any atom is 0.212 e. The Hall–Kier alpha value is -2.36. The van der Waals surface area contributed by atoms with Gasteiger partial charge in [0, 0.05) is 30.1 Å². The van der Waals surface area contributed by atoms with Crippen molar-refractivity contribution in [3.8, 4) is 11.6 Å². The molecule has 0 N–H and O–H groups in total. The van der Waals surface area contributed by atoms with Crippen LogP contribution < -0.4 is 9.47 Å². The van der Waals surface area contributed by atoms with Gasteiger partial charge in [0.2, 0.25) is 5.88 Å². The summed E-state index contributed by atoms with van der Waals surface area (Å²) in [4.78, 5) is 8.46. The normalized spacial score (nSPS) is 10.6.